The van der Waals surface area contributed by atoms with Gasteiger partial charge in [0.15, 0.2) is 11.5 Å². The smallest absolute Gasteiger partial charge is 0.208 e. The number of phenolic OH excluding ortho intramolecular Hbond substituents is 5. The number of benzene rings is 7. The third-order valence-electron chi connectivity index (χ3n) is 10.8. The quantitative estimate of drug-likeness (QED) is 0.0909. The van der Waals surface area contributed by atoms with Crippen LogP contribution in [0.4, 0.5) is 11.4 Å². The van der Waals surface area contributed by atoms with Gasteiger partial charge in [-0.1, -0.05) is 91.5 Å². The van der Waals surface area contributed by atoms with Gasteiger partial charge < -0.3 is 39.6 Å². The summed E-state index contributed by atoms with van der Waals surface area (Å²) in [5.41, 5.74) is 9.80. The molecular weight excluding hydrogens is 699 g/mol. The van der Waals surface area contributed by atoms with E-state index in [2.05, 4.69) is 119 Å². The van der Waals surface area contributed by atoms with Crippen LogP contribution < -0.4 is 4.90 Å². The predicted molar refractivity (Wildman–Crippen MR) is 225 cm³/mol. The fraction of sp³-hybridized carbons (Fsp3) is 0. The summed E-state index contributed by atoms with van der Waals surface area (Å²) >= 11 is 0. The number of hydrogen-bond acceptors (Lipinski definition) is 6. The average Bonchev–Trinajstić information content (AvgIpc) is 3.74. The molecule has 8 nitrogen and oxygen atoms in total. The van der Waals surface area contributed by atoms with Gasteiger partial charge in [0.05, 0.1) is 27.8 Å². The SMILES string of the molecule is C=C1/C=C(c2ccc3c(c2)c2ccccc2n3-c2c(O)c(O)c(O)c(O)c2O)\C=C/N(c2cccc(-n3c4ccccc4c4ccccc43)c2)c2ccccc21. The number of nitrogens with zero attached hydrogens (tertiary/aromatic N) is 3. The standard InChI is InChI=1S/C48H33N3O5/c1-28-25-30(29-21-22-42-37(26-29)36-16-5-9-20-41(36)51(42)43-44(52)46(54)48(56)47(55)45(43)53)23-24-49(38-17-6-2-13-33(28)38)31-11-10-12-32(27-31)50-39-18-7-3-14-34(39)35-15-4-8-19-40(35)50/h2-27,52-56H,1H2/b24-23-,30-25+. The Bertz CT molecular complexity index is 3100. The lowest BCUT2D eigenvalue weighted by Gasteiger charge is -2.26. The fourth-order valence-electron chi connectivity index (χ4n) is 8.17. The summed E-state index contributed by atoms with van der Waals surface area (Å²) in [4.78, 5) is 2.19. The van der Waals surface area contributed by atoms with Crippen molar-refractivity contribution in [2.45, 2.75) is 0 Å². The van der Waals surface area contributed by atoms with Crippen LogP contribution >= 0.6 is 0 Å². The molecule has 0 fully saturated rings. The molecule has 9 aromatic rings. The van der Waals surface area contributed by atoms with E-state index in [4.69, 9.17) is 0 Å². The van der Waals surface area contributed by atoms with Crippen molar-refractivity contribution in [2.75, 3.05) is 4.90 Å². The van der Waals surface area contributed by atoms with Crippen molar-refractivity contribution in [3.8, 4) is 40.1 Å². The molecule has 0 saturated carbocycles. The molecule has 2 aromatic heterocycles. The summed E-state index contributed by atoms with van der Waals surface area (Å²) in [6, 6.07) is 47.0. The van der Waals surface area contributed by atoms with Gasteiger partial charge in [-0.2, -0.15) is 0 Å². The van der Waals surface area contributed by atoms with E-state index in [0.29, 0.717) is 11.0 Å². The van der Waals surface area contributed by atoms with E-state index in [1.807, 2.05) is 54.6 Å². The van der Waals surface area contributed by atoms with Gasteiger partial charge in [0.1, 0.15) is 5.69 Å². The Balaban J connectivity index is 1.12. The summed E-state index contributed by atoms with van der Waals surface area (Å²) in [5, 5.41) is 56.8. The van der Waals surface area contributed by atoms with Crippen LogP contribution in [0.25, 0.3) is 66.1 Å². The van der Waals surface area contributed by atoms with Gasteiger partial charge in [-0.3, -0.25) is 0 Å². The van der Waals surface area contributed by atoms with Crippen LogP contribution in [0.1, 0.15) is 11.1 Å². The van der Waals surface area contributed by atoms with E-state index in [0.717, 1.165) is 61.1 Å². The molecule has 3 heterocycles. The van der Waals surface area contributed by atoms with Crippen LogP contribution in [-0.4, -0.2) is 34.7 Å². The maximum atomic E-state index is 10.9. The molecule has 8 heteroatoms. The summed E-state index contributed by atoms with van der Waals surface area (Å²) in [6.07, 6.45) is 6.21. The first kappa shape index (κ1) is 32.8. The molecule has 0 unspecified atom stereocenters. The number of hydrogen-bond donors (Lipinski definition) is 5. The molecule has 1 aliphatic heterocycles. The van der Waals surface area contributed by atoms with Gasteiger partial charge in [-0.15, -0.1) is 0 Å². The van der Waals surface area contributed by atoms with Crippen LogP contribution in [0, 0.1) is 0 Å². The minimum absolute atomic E-state index is 0.259. The molecular formula is C48H33N3O5. The van der Waals surface area contributed by atoms with Crippen molar-refractivity contribution in [1.29, 1.82) is 0 Å². The zero-order chi connectivity index (χ0) is 38.2. The van der Waals surface area contributed by atoms with E-state index in [1.165, 1.54) is 10.8 Å². The first-order chi connectivity index (χ1) is 27.3. The Hall–Kier alpha value is -7.84. The largest absolute Gasteiger partial charge is 0.503 e. The van der Waals surface area contributed by atoms with Crippen LogP contribution in [0.3, 0.4) is 0 Å². The molecule has 7 aromatic carbocycles. The third kappa shape index (κ3) is 4.79. The molecule has 0 saturated heterocycles. The Morgan fingerprint density at radius 3 is 1.66 bits per heavy atom. The van der Waals surface area contributed by atoms with Crippen molar-refractivity contribution < 1.29 is 25.5 Å². The van der Waals surface area contributed by atoms with Gasteiger partial charge in [0, 0.05) is 44.7 Å². The molecule has 270 valence electrons. The van der Waals surface area contributed by atoms with E-state index in [9.17, 15) is 25.5 Å². The van der Waals surface area contributed by atoms with Gasteiger partial charge in [-0.25, -0.2) is 0 Å². The van der Waals surface area contributed by atoms with Gasteiger partial charge >= 0.3 is 0 Å². The predicted octanol–water partition coefficient (Wildman–Crippen LogP) is 11.2. The normalized spacial score (nSPS) is 14.5. The number of phenols is 5. The second-order valence-corrected chi connectivity index (χ2v) is 13.9. The monoisotopic (exact) mass is 731 g/mol. The summed E-state index contributed by atoms with van der Waals surface area (Å²) in [6.45, 7) is 4.52. The fourth-order valence-corrected chi connectivity index (χ4v) is 8.17. The van der Waals surface area contributed by atoms with Crippen LogP contribution in [-0.2, 0) is 0 Å². The third-order valence-corrected chi connectivity index (χ3v) is 10.8. The molecule has 56 heavy (non-hydrogen) atoms. The van der Waals surface area contributed by atoms with E-state index < -0.39 is 28.7 Å². The van der Waals surface area contributed by atoms with Crippen LogP contribution in [0.5, 0.6) is 28.7 Å². The zero-order valence-corrected chi connectivity index (χ0v) is 29.8. The van der Waals surface area contributed by atoms with E-state index in [-0.39, 0.29) is 5.69 Å². The van der Waals surface area contributed by atoms with Crippen LogP contribution in [0.15, 0.2) is 164 Å². The molecule has 0 spiro atoms. The molecule has 10 rings (SSSR count). The van der Waals surface area contributed by atoms with Crippen molar-refractivity contribution in [3.63, 3.8) is 0 Å². The number of para-hydroxylation sites is 4. The highest BCUT2D eigenvalue weighted by atomic mass is 16.4. The lowest BCUT2D eigenvalue weighted by atomic mass is 9.95. The Kier molecular flexibility index (Phi) is 7.24. The van der Waals surface area contributed by atoms with E-state index in [1.54, 1.807) is 4.57 Å². The molecule has 0 aliphatic carbocycles. The number of aromatic hydroxyl groups is 5. The van der Waals surface area contributed by atoms with Gasteiger partial charge in [0.2, 0.25) is 17.2 Å². The van der Waals surface area contributed by atoms with Gasteiger partial charge in [-0.05, 0) is 83.5 Å². The summed E-state index contributed by atoms with van der Waals surface area (Å²) in [5.74, 6) is -4.43. The van der Waals surface area contributed by atoms with Crippen molar-refractivity contribution in [3.05, 3.63) is 176 Å². The lowest BCUT2D eigenvalue weighted by Crippen LogP contribution is -2.12. The molecule has 1 aliphatic rings. The highest BCUT2D eigenvalue weighted by molar-refractivity contribution is 6.12. The molecule has 0 atom stereocenters. The zero-order valence-electron chi connectivity index (χ0n) is 29.8. The average molecular weight is 732 g/mol. The first-order valence-corrected chi connectivity index (χ1v) is 18.1. The Morgan fingerprint density at radius 2 is 0.982 bits per heavy atom. The minimum Gasteiger partial charge on any atom is -0.503 e. The highest BCUT2D eigenvalue weighted by Crippen LogP contribution is 2.54. The number of rotatable bonds is 4. The molecule has 0 radical (unpaired) electrons. The van der Waals surface area contributed by atoms with Crippen LogP contribution in [0.2, 0.25) is 0 Å². The molecule has 0 bridgehead atoms. The maximum Gasteiger partial charge on any atom is 0.208 e. The summed E-state index contributed by atoms with van der Waals surface area (Å²) < 4.78 is 3.87. The lowest BCUT2D eigenvalue weighted by molar-refractivity contribution is 0.327. The minimum atomic E-state index is -1.01. The molecule has 0 amide bonds. The number of anilines is 2. The van der Waals surface area contributed by atoms with Gasteiger partial charge in [0.25, 0.3) is 0 Å². The maximum absolute atomic E-state index is 10.9. The van der Waals surface area contributed by atoms with Crippen molar-refractivity contribution in [1.82, 2.24) is 9.13 Å². The number of fused-ring (bicyclic) bond motifs is 7. The summed E-state index contributed by atoms with van der Waals surface area (Å²) in [7, 11) is 0. The highest BCUT2D eigenvalue weighted by Gasteiger charge is 2.27. The van der Waals surface area contributed by atoms with Crippen molar-refractivity contribution in [2.24, 2.45) is 0 Å². The second kappa shape index (κ2) is 12.4. The topological polar surface area (TPSA) is 114 Å². The Morgan fingerprint density at radius 1 is 0.446 bits per heavy atom. The number of allylic oxidation sites excluding steroid dienone is 4. The number of aromatic nitrogens is 2. The Labute approximate surface area is 320 Å². The van der Waals surface area contributed by atoms with E-state index >= 15 is 0 Å². The second-order valence-electron chi connectivity index (χ2n) is 13.9. The van der Waals surface area contributed by atoms with Crippen molar-refractivity contribution >= 4 is 66.1 Å². The first-order valence-electron chi connectivity index (χ1n) is 18.1. The molecule has 5 N–H and O–H groups in total.